The third-order valence-corrected chi connectivity index (χ3v) is 4.69. The van der Waals surface area contributed by atoms with Gasteiger partial charge in [-0.3, -0.25) is 4.90 Å². The standard InChI is InChI=1S/C20H25ClN2O/c1-2-24-19-7-4-3-6-18(19)20(16-8-10-17(21)11-9-16)23-14-5-12-22-13-15-23/h3-4,6-11,20,22H,2,5,12-15H2,1H3. The molecule has 0 bridgehead atoms. The van der Waals surface area contributed by atoms with Gasteiger partial charge in [-0.05, 0) is 43.7 Å². The van der Waals surface area contributed by atoms with E-state index in [9.17, 15) is 0 Å². The molecule has 0 aromatic heterocycles. The molecule has 0 amide bonds. The predicted octanol–water partition coefficient (Wildman–Crippen LogP) is 4.12. The first-order valence-corrected chi connectivity index (χ1v) is 9.09. The molecule has 1 aliphatic rings. The number of hydrogen-bond acceptors (Lipinski definition) is 3. The minimum Gasteiger partial charge on any atom is -0.494 e. The van der Waals surface area contributed by atoms with Gasteiger partial charge in [-0.1, -0.05) is 41.9 Å². The highest BCUT2D eigenvalue weighted by atomic mass is 35.5. The summed E-state index contributed by atoms with van der Waals surface area (Å²) in [6.07, 6.45) is 1.15. The van der Waals surface area contributed by atoms with Gasteiger partial charge in [0.05, 0.1) is 12.6 Å². The van der Waals surface area contributed by atoms with Crippen LogP contribution < -0.4 is 10.1 Å². The number of rotatable bonds is 5. The molecule has 3 nitrogen and oxygen atoms in total. The Bertz CT molecular complexity index is 636. The molecule has 3 rings (SSSR count). The highest BCUT2D eigenvalue weighted by molar-refractivity contribution is 6.30. The Morgan fingerprint density at radius 1 is 1.08 bits per heavy atom. The van der Waals surface area contributed by atoms with Gasteiger partial charge in [0.1, 0.15) is 5.75 Å². The Morgan fingerprint density at radius 3 is 2.67 bits per heavy atom. The quantitative estimate of drug-likeness (QED) is 0.882. The molecule has 0 radical (unpaired) electrons. The highest BCUT2D eigenvalue weighted by Crippen LogP contribution is 2.35. The maximum absolute atomic E-state index is 6.11. The van der Waals surface area contributed by atoms with Gasteiger partial charge >= 0.3 is 0 Å². The molecule has 2 aromatic rings. The molecule has 1 unspecified atom stereocenters. The largest absolute Gasteiger partial charge is 0.494 e. The summed E-state index contributed by atoms with van der Waals surface area (Å²) < 4.78 is 5.92. The molecule has 1 fully saturated rings. The van der Waals surface area contributed by atoms with Crippen LogP contribution in [0.5, 0.6) is 5.75 Å². The Balaban J connectivity index is 2.02. The third kappa shape index (κ3) is 4.10. The van der Waals surface area contributed by atoms with E-state index in [4.69, 9.17) is 16.3 Å². The lowest BCUT2D eigenvalue weighted by Gasteiger charge is -2.32. The third-order valence-electron chi connectivity index (χ3n) is 4.44. The molecule has 4 heteroatoms. The summed E-state index contributed by atoms with van der Waals surface area (Å²) in [6, 6.07) is 16.8. The number of hydrogen-bond donors (Lipinski definition) is 1. The topological polar surface area (TPSA) is 24.5 Å². The zero-order valence-electron chi connectivity index (χ0n) is 14.2. The highest BCUT2D eigenvalue weighted by Gasteiger charge is 2.25. The lowest BCUT2D eigenvalue weighted by molar-refractivity contribution is 0.233. The number of halogens is 1. The van der Waals surface area contributed by atoms with Crippen LogP contribution in [-0.4, -0.2) is 37.7 Å². The van der Waals surface area contributed by atoms with Crippen LogP contribution in [0.15, 0.2) is 48.5 Å². The number of ether oxygens (including phenoxy) is 1. The van der Waals surface area contributed by atoms with Crippen LogP contribution in [0, 0.1) is 0 Å². The monoisotopic (exact) mass is 344 g/mol. The van der Waals surface area contributed by atoms with E-state index in [1.54, 1.807) is 0 Å². The van der Waals surface area contributed by atoms with E-state index in [2.05, 4.69) is 40.5 Å². The van der Waals surface area contributed by atoms with Gasteiger partial charge in [0.15, 0.2) is 0 Å². The molecule has 0 saturated carbocycles. The maximum atomic E-state index is 6.11. The van der Waals surface area contributed by atoms with Crippen molar-refractivity contribution < 1.29 is 4.74 Å². The summed E-state index contributed by atoms with van der Waals surface area (Å²) in [5.41, 5.74) is 2.48. The molecular formula is C20H25ClN2O. The smallest absolute Gasteiger partial charge is 0.124 e. The van der Waals surface area contributed by atoms with Crippen LogP contribution in [0.1, 0.15) is 30.5 Å². The first-order chi connectivity index (χ1) is 11.8. The summed E-state index contributed by atoms with van der Waals surface area (Å²) in [4.78, 5) is 2.54. The van der Waals surface area contributed by atoms with Crippen molar-refractivity contribution in [3.05, 3.63) is 64.7 Å². The molecule has 1 N–H and O–H groups in total. The Labute approximate surface area is 149 Å². The second-order valence-electron chi connectivity index (χ2n) is 6.06. The normalized spacial score (nSPS) is 17.2. The second kappa shape index (κ2) is 8.52. The van der Waals surface area contributed by atoms with Crippen molar-refractivity contribution in [2.45, 2.75) is 19.4 Å². The molecule has 0 aliphatic carbocycles. The Morgan fingerprint density at radius 2 is 1.88 bits per heavy atom. The van der Waals surface area contributed by atoms with Gasteiger partial charge in [-0.15, -0.1) is 0 Å². The molecule has 0 spiro atoms. The fraction of sp³-hybridized carbons (Fsp3) is 0.400. The van der Waals surface area contributed by atoms with Crippen molar-refractivity contribution in [1.82, 2.24) is 10.2 Å². The Hall–Kier alpha value is -1.55. The molecule has 1 atom stereocenters. The summed E-state index contributed by atoms with van der Waals surface area (Å²) >= 11 is 6.11. The van der Waals surface area contributed by atoms with Gasteiger partial charge in [0, 0.05) is 30.2 Å². The lowest BCUT2D eigenvalue weighted by Crippen LogP contribution is -2.33. The summed E-state index contributed by atoms with van der Waals surface area (Å²) in [5.74, 6) is 0.970. The van der Waals surface area contributed by atoms with Crippen molar-refractivity contribution in [2.24, 2.45) is 0 Å². The average molecular weight is 345 g/mol. The predicted molar refractivity (Wildman–Crippen MR) is 100.0 cm³/mol. The van der Waals surface area contributed by atoms with Crippen molar-refractivity contribution in [3.63, 3.8) is 0 Å². The fourth-order valence-corrected chi connectivity index (χ4v) is 3.48. The number of nitrogens with one attached hydrogen (secondary N) is 1. The van der Waals surface area contributed by atoms with Gasteiger partial charge in [0.2, 0.25) is 0 Å². The van der Waals surface area contributed by atoms with E-state index in [0.29, 0.717) is 6.61 Å². The van der Waals surface area contributed by atoms with Crippen LogP contribution in [0.2, 0.25) is 5.02 Å². The van der Waals surface area contributed by atoms with Crippen LogP contribution in [-0.2, 0) is 0 Å². The fourth-order valence-electron chi connectivity index (χ4n) is 3.35. The minimum atomic E-state index is 0.185. The first-order valence-electron chi connectivity index (χ1n) is 8.71. The van der Waals surface area contributed by atoms with E-state index in [1.807, 2.05) is 25.1 Å². The van der Waals surface area contributed by atoms with Crippen LogP contribution in [0.4, 0.5) is 0 Å². The maximum Gasteiger partial charge on any atom is 0.124 e. The molecule has 2 aromatic carbocycles. The minimum absolute atomic E-state index is 0.185. The molecule has 128 valence electrons. The Kier molecular flexibility index (Phi) is 6.13. The SMILES string of the molecule is CCOc1ccccc1C(c1ccc(Cl)cc1)N1CCCNCC1. The van der Waals surface area contributed by atoms with Crippen molar-refractivity contribution in [3.8, 4) is 5.75 Å². The zero-order valence-corrected chi connectivity index (χ0v) is 14.9. The second-order valence-corrected chi connectivity index (χ2v) is 6.50. The van der Waals surface area contributed by atoms with E-state index in [0.717, 1.165) is 43.4 Å². The number of benzene rings is 2. The van der Waals surface area contributed by atoms with Crippen molar-refractivity contribution in [1.29, 1.82) is 0 Å². The van der Waals surface area contributed by atoms with Crippen LogP contribution >= 0.6 is 11.6 Å². The molecule has 1 saturated heterocycles. The lowest BCUT2D eigenvalue weighted by atomic mass is 9.96. The van der Waals surface area contributed by atoms with Gasteiger partial charge in [0.25, 0.3) is 0 Å². The van der Waals surface area contributed by atoms with Crippen molar-refractivity contribution >= 4 is 11.6 Å². The van der Waals surface area contributed by atoms with Crippen LogP contribution in [0.3, 0.4) is 0 Å². The molecule has 24 heavy (non-hydrogen) atoms. The number of para-hydroxylation sites is 1. The van der Waals surface area contributed by atoms with Gasteiger partial charge in [-0.25, -0.2) is 0 Å². The first kappa shape index (κ1) is 17.3. The molecular weight excluding hydrogens is 320 g/mol. The van der Waals surface area contributed by atoms with Crippen molar-refractivity contribution in [2.75, 3.05) is 32.8 Å². The van der Waals surface area contributed by atoms with E-state index in [1.165, 1.54) is 11.1 Å². The van der Waals surface area contributed by atoms with Gasteiger partial charge in [-0.2, -0.15) is 0 Å². The number of nitrogens with zero attached hydrogens (tertiary/aromatic N) is 1. The van der Waals surface area contributed by atoms with E-state index >= 15 is 0 Å². The van der Waals surface area contributed by atoms with E-state index < -0.39 is 0 Å². The van der Waals surface area contributed by atoms with E-state index in [-0.39, 0.29) is 6.04 Å². The molecule has 1 aliphatic heterocycles. The summed E-state index contributed by atoms with van der Waals surface area (Å²) in [7, 11) is 0. The zero-order chi connectivity index (χ0) is 16.8. The summed E-state index contributed by atoms with van der Waals surface area (Å²) in [5, 5.41) is 4.26. The summed E-state index contributed by atoms with van der Waals surface area (Å²) in [6.45, 7) is 6.89. The van der Waals surface area contributed by atoms with Crippen LogP contribution in [0.25, 0.3) is 0 Å². The van der Waals surface area contributed by atoms with Gasteiger partial charge < -0.3 is 10.1 Å². The molecule has 1 heterocycles. The average Bonchev–Trinajstić information content (AvgIpc) is 2.88.